The molecule has 120 valence electrons. The number of imidazole rings is 1. The summed E-state index contributed by atoms with van der Waals surface area (Å²) in [5, 5.41) is 3.43. The molecule has 0 aliphatic carbocycles. The second kappa shape index (κ2) is 5.35. The van der Waals surface area contributed by atoms with Crippen molar-refractivity contribution < 1.29 is 0 Å². The minimum Gasteiger partial charge on any atom is -0.343 e. The maximum Gasteiger partial charge on any atom is 0.216 e. The van der Waals surface area contributed by atoms with Crippen LogP contribution in [0, 0.1) is 0 Å². The van der Waals surface area contributed by atoms with E-state index in [0.29, 0.717) is 6.67 Å². The van der Waals surface area contributed by atoms with Crippen molar-refractivity contribution in [2.45, 2.75) is 13.2 Å². The van der Waals surface area contributed by atoms with Gasteiger partial charge >= 0.3 is 0 Å². The highest BCUT2D eigenvalue weighted by Crippen LogP contribution is 2.26. The highest BCUT2D eigenvalue weighted by molar-refractivity contribution is 5.97. The van der Waals surface area contributed by atoms with Gasteiger partial charge in [-0.05, 0) is 17.7 Å². The van der Waals surface area contributed by atoms with Gasteiger partial charge in [-0.1, -0.05) is 42.5 Å². The van der Waals surface area contributed by atoms with Gasteiger partial charge in [0.1, 0.15) is 6.67 Å². The largest absolute Gasteiger partial charge is 0.343 e. The summed E-state index contributed by atoms with van der Waals surface area (Å²) in [5.74, 6) is 1.88. The molecule has 1 saturated heterocycles. The van der Waals surface area contributed by atoms with Crippen LogP contribution in [0.3, 0.4) is 0 Å². The second-order valence-electron chi connectivity index (χ2n) is 6.17. The summed E-state index contributed by atoms with van der Waals surface area (Å²) in [7, 11) is 0. The van der Waals surface area contributed by atoms with Gasteiger partial charge in [-0.15, -0.1) is 0 Å². The Bertz CT molecular complexity index is 914. The zero-order chi connectivity index (χ0) is 15.9. The summed E-state index contributed by atoms with van der Waals surface area (Å²) in [5.41, 5.74) is 3.46. The van der Waals surface area contributed by atoms with Crippen LogP contribution in [0.1, 0.15) is 5.56 Å². The lowest BCUT2D eigenvalue weighted by molar-refractivity contribution is 0.247. The highest BCUT2D eigenvalue weighted by atomic mass is 15.5. The SMILES string of the molecule is c1ccc(CN2CNC3=NCn4c(nc5ccccc54)N3C2)cc1. The number of aliphatic imine (C=N–C) groups is 1. The molecule has 24 heavy (non-hydrogen) atoms. The summed E-state index contributed by atoms with van der Waals surface area (Å²) in [4.78, 5) is 14.0. The number of nitrogens with zero attached hydrogens (tertiary/aromatic N) is 5. The number of nitrogens with one attached hydrogen (secondary N) is 1. The van der Waals surface area contributed by atoms with Crippen LogP contribution in [0.15, 0.2) is 59.6 Å². The molecular weight excluding hydrogens is 300 g/mol. The van der Waals surface area contributed by atoms with Crippen molar-refractivity contribution in [3.05, 3.63) is 60.2 Å². The van der Waals surface area contributed by atoms with E-state index in [0.717, 1.165) is 42.8 Å². The molecule has 6 nitrogen and oxygen atoms in total. The predicted octanol–water partition coefficient (Wildman–Crippen LogP) is 2.19. The molecule has 0 bridgehead atoms. The third-order valence-corrected chi connectivity index (χ3v) is 4.54. The van der Waals surface area contributed by atoms with Gasteiger partial charge in [-0.25, -0.2) is 9.98 Å². The zero-order valence-corrected chi connectivity index (χ0v) is 13.3. The quantitative estimate of drug-likeness (QED) is 0.787. The van der Waals surface area contributed by atoms with Crippen molar-refractivity contribution in [1.29, 1.82) is 0 Å². The van der Waals surface area contributed by atoms with E-state index in [-0.39, 0.29) is 0 Å². The van der Waals surface area contributed by atoms with Crippen LogP contribution >= 0.6 is 0 Å². The van der Waals surface area contributed by atoms with E-state index in [4.69, 9.17) is 4.98 Å². The Morgan fingerprint density at radius 3 is 2.75 bits per heavy atom. The van der Waals surface area contributed by atoms with E-state index in [1.165, 1.54) is 5.56 Å². The molecule has 1 aromatic heterocycles. The van der Waals surface area contributed by atoms with Crippen LogP contribution in [0.25, 0.3) is 11.0 Å². The fourth-order valence-electron chi connectivity index (χ4n) is 3.39. The Morgan fingerprint density at radius 1 is 1.00 bits per heavy atom. The van der Waals surface area contributed by atoms with Crippen molar-refractivity contribution in [2.75, 3.05) is 18.2 Å². The second-order valence-corrected chi connectivity index (χ2v) is 6.17. The molecular formula is C18H18N6. The van der Waals surface area contributed by atoms with E-state index in [1.807, 2.05) is 12.1 Å². The highest BCUT2D eigenvalue weighted by Gasteiger charge is 2.30. The average molecular weight is 318 g/mol. The van der Waals surface area contributed by atoms with Crippen LogP contribution in [0.2, 0.25) is 0 Å². The third-order valence-electron chi connectivity index (χ3n) is 4.54. The van der Waals surface area contributed by atoms with Gasteiger partial charge < -0.3 is 5.32 Å². The van der Waals surface area contributed by atoms with E-state index < -0.39 is 0 Å². The van der Waals surface area contributed by atoms with Crippen molar-refractivity contribution in [2.24, 2.45) is 4.99 Å². The van der Waals surface area contributed by atoms with E-state index in [1.54, 1.807) is 0 Å². The van der Waals surface area contributed by atoms with Gasteiger partial charge in [0, 0.05) is 6.54 Å². The lowest BCUT2D eigenvalue weighted by Crippen LogP contribution is -2.58. The first-order valence-electron chi connectivity index (χ1n) is 8.16. The van der Waals surface area contributed by atoms with Gasteiger partial charge in [0.2, 0.25) is 11.9 Å². The summed E-state index contributed by atoms with van der Waals surface area (Å²) in [6.45, 7) is 3.10. The molecule has 3 aromatic rings. The molecule has 6 heteroatoms. The fourth-order valence-corrected chi connectivity index (χ4v) is 3.39. The topological polar surface area (TPSA) is 48.7 Å². The number of aromatic nitrogens is 2. The third kappa shape index (κ3) is 2.15. The molecule has 5 rings (SSSR count). The minimum absolute atomic E-state index is 0.618. The number of para-hydroxylation sites is 2. The molecule has 0 spiro atoms. The summed E-state index contributed by atoms with van der Waals surface area (Å²) >= 11 is 0. The molecule has 0 radical (unpaired) electrons. The van der Waals surface area contributed by atoms with Crippen LogP contribution in [-0.4, -0.2) is 33.7 Å². The number of rotatable bonds is 2. The lowest BCUT2D eigenvalue weighted by atomic mass is 10.2. The van der Waals surface area contributed by atoms with Crippen molar-refractivity contribution in [3.8, 4) is 0 Å². The number of hydrogen-bond donors (Lipinski definition) is 1. The van der Waals surface area contributed by atoms with Crippen molar-refractivity contribution in [1.82, 2.24) is 19.8 Å². The summed E-state index contributed by atoms with van der Waals surface area (Å²) in [6, 6.07) is 18.8. The van der Waals surface area contributed by atoms with Crippen LogP contribution in [0.4, 0.5) is 5.95 Å². The molecule has 0 atom stereocenters. The average Bonchev–Trinajstić information content (AvgIpc) is 3.02. The van der Waals surface area contributed by atoms with Gasteiger partial charge in [0.25, 0.3) is 0 Å². The molecule has 0 unspecified atom stereocenters. The van der Waals surface area contributed by atoms with Crippen LogP contribution in [-0.2, 0) is 13.2 Å². The molecule has 1 fully saturated rings. The molecule has 0 amide bonds. The lowest BCUT2D eigenvalue weighted by Gasteiger charge is -2.39. The number of benzene rings is 2. The van der Waals surface area contributed by atoms with Crippen molar-refractivity contribution in [3.63, 3.8) is 0 Å². The first kappa shape index (κ1) is 13.6. The number of guanidine groups is 1. The first-order chi connectivity index (χ1) is 11.9. The zero-order valence-electron chi connectivity index (χ0n) is 13.3. The first-order valence-corrected chi connectivity index (χ1v) is 8.16. The van der Waals surface area contributed by atoms with E-state index >= 15 is 0 Å². The normalized spacial score (nSPS) is 17.2. The predicted molar refractivity (Wildman–Crippen MR) is 94.5 cm³/mol. The Kier molecular flexibility index (Phi) is 3.02. The van der Waals surface area contributed by atoms with E-state index in [2.05, 4.69) is 67.1 Å². The molecule has 2 aliphatic rings. The smallest absolute Gasteiger partial charge is 0.216 e. The van der Waals surface area contributed by atoms with Gasteiger partial charge in [-0.2, -0.15) is 0 Å². The van der Waals surface area contributed by atoms with Crippen molar-refractivity contribution >= 4 is 22.9 Å². The standard InChI is InChI=1S/C18H18N6/c1-2-6-14(7-3-1)10-22-11-19-17-20-12-23-16-9-5-4-8-15(16)21-18(23)24(17)13-22/h1-9H,10-13H2,(H,19,20). The monoisotopic (exact) mass is 318 g/mol. The van der Waals surface area contributed by atoms with Crippen LogP contribution in [0.5, 0.6) is 0 Å². The Labute approximate surface area is 140 Å². The molecule has 2 aromatic carbocycles. The fraction of sp³-hybridized carbons (Fsp3) is 0.222. The Morgan fingerprint density at radius 2 is 1.83 bits per heavy atom. The van der Waals surface area contributed by atoms with Gasteiger partial charge in [0.05, 0.1) is 24.4 Å². The number of hydrogen-bond acceptors (Lipinski definition) is 5. The maximum absolute atomic E-state index is 4.82. The Hall–Kier alpha value is -2.86. The molecule has 3 heterocycles. The van der Waals surface area contributed by atoms with Crippen LogP contribution < -0.4 is 10.2 Å². The number of anilines is 1. The van der Waals surface area contributed by atoms with E-state index in [9.17, 15) is 0 Å². The van der Waals surface area contributed by atoms with Gasteiger partial charge in [-0.3, -0.25) is 14.4 Å². The number of fused-ring (bicyclic) bond motifs is 5. The maximum atomic E-state index is 4.82. The molecule has 1 N–H and O–H groups in total. The minimum atomic E-state index is 0.618. The van der Waals surface area contributed by atoms with Gasteiger partial charge in [0.15, 0.2) is 0 Å². The summed E-state index contributed by atoms with van der Waals surface area (Å²) < 4.78 is 2.17. The molecule has 0 saturated carbocycles. The molecule has 2 aliphatic heterocycles. The Balaban J connectivity index is 1.46. The summed E-state index contributed by atoms with van der Waals surface area (Å²) in [6.07, 6.45) is 0.